The van der Waals surface area contributed by atoms with Crippen LogP contribution >= 0.6 is 22.9 Å². The van der Waals surface area contributed by atoms with Gasteiger partial charge < -0.3 is 25.0 Å². The molecule has 2 amide bonds. The summed E-state index contributed by atoms with van der Waals surface area (Å²) in [7, 11) is 1.61. The molecule has 0 aliphatic carbocycles. The summed E-state index contributed by atoms with van der Waals surface area (Å²) in [5.74, 6) is -0.0385. The van der Waals surface area contributed by atoms with Gasteiger partial charge in [-0.25, -0.2) is 14.4 Å². The van der Waals surface area contributed by atoms with Crippen LogP contribution in [0.3, 0.4) is 0 Å². The number of hydrogen-bond donors (Lipinski definition) is 1. The van der Waals surface area contributed by atoms with Crippen LogP contribution in [-0.2, 0) is 16.0 Å². The fraction of sp³-hybridized carbons (Fsp3) is 0.286. The van der Waals surface area contributed by atoms with Crippen LogP contribution in [-0.4, -0.2) is 66.6 Å². The van der Waals surface area contributed by atoms with E-state index in [1.54, 1.807) is 48.4 Å². The number of carbonyl (C=O) groups excluding carboxylic acids is 2. The Morgan fingerprint density at radius 2 is 1.77 bits per heavy atom. The molecular weight excluding hydrogens is 557 g/mol. The van der Waals surface area contributed by atoms with E-state index >= 15 is 0 Å². The third-order valence-corrected chi connectivity index (χ3v) is 7.97. The van der Waals surface area contributed by atoms with Gasteiger partial charge >= 0.3 is 0 Å². The van der Waals surface area contributed by atoms with Crippen LogP contribution in [0, 0.1) is 5.82 Å². The number of benzene rings is 2. The van der Waals surface area contributed by atoms with E-state index in [0.717, 1.165) is 15.8 Å². The van der Waals surface area contributed by atoms with Crippen molar-refractivity contribution in [1.82, 2.24) is 14.9 Å². The first-order valence-corrected chi connectivity index (χ1v) is 13.8. The molecule has 12 heteroatoms. The van der Waals surface area contributed by atoms with Crippen molar-refractivity contribution in [2.24, 2.45) is 5.73 Å². The van der Waals surface area contributed by atoms with E-state index in [2.05, 4.69) is 9.97 Å². The van der Waals surface area contributed by atoms with Gasteiger partial charge in [-0.15, -0.1) is 11.3 Å². The van der Waals surface area contributed by atoms with Gasteiger partial charge in [-0.2, -0.15) is 0 Å². The molecule has 2 N–H and O–H groups in total. The summed E-state index contributed by atoms with van der Waals surface area (Å²) in [6.45, 7) is 1.88. The Morgan fingerprint density at radius 3 is 2.42 bits per heavy atom. The normalized spacial score (nSPS) is 14.4. The summed E-state index contributed by atoms with van der Waals surface area (Å²) in [5.41, 5.74) is 6.40. The first-order valence-electron chi connectivity index (χ1n) is 12.6. The van der Waals surface area contributed by atoms with Gasteiger partial charge in [0.05, 0.1) is 11.5 Å². The van der Waals surface area contributed by atoms with Crippen molar-refractivity contribution in [3.8, 4) is 5.75 Å². The van der Waals surface area contributed by atoms with Crippen LogP contribution in [0.15, 0.2) is 54.6 Å². The molecule has 1 unspecified atom stereocenters. The molecule has 0 radical (unpaired) electrons. The molecule has 1 saturated heterocycles. The Morgan fingerprint density at radius 1 is 1.07 bits per heavy atom. The lowest BCUT2D eigenvalue weighted by atomic mass is 10.1. The zero-order valence-electron chi connectivity index (χ0n) is 21.7. The number of hydrogen-bond acceptors (Lipinski definition) is 8. The van der Waals surface area contributed by atoms with Crippen LogP contribution in [0.4, 0.5) is 10.2 Å². The average Bonchev–Trinajstić information content (AvgIpc) is 3.38. The fourth-order valence-electron chi connectivity index (χ4n) is 4.54. The summed E-state index contributed by atoms with van der Waals surface area (Å²) < 4.78 is 24.7. The molecule has 0 saturated carbocycles. The van der Waals surface area contributed by atoms with Crippen LogP contribution in [0.5, 0.6) is 5.75 Å². The van der Waals surface area contributed by atoms with Crippen LogP contribution in [0.2, 0.25) is 5.02 Å². The van der Waals surface area contributed by atoms with Gasteiger partial charge in [0, 0.05) is 49.6 Å². The number of nitrogens with zero attached hydrogens (tertiary/aromatic N) is 4. The Hall–Kier alpha value is -3.80. The summed E-state index contributed by atoms with van der Waals surface area (Å²) in [5, 5.41) is 1.39. The Kier molecular flexibility index (Phi) is 8.43. The van der Waals surface area contributed by atoms with Gasteiger partial charge in [-0.1, -0.05) is 23.7 Å². The summed E-state index contributed by atoms with van der Waals surface area (Å²) in [6, 6.07) is 15.1. The number of methoxy groups -OCH3 is 1. The molecule has 0 bridgehead atoms. The molecule has 4 aromatic rings. The van der Waals surface area contributed by atoms with Crippen molar-refractivity contribution in [1.29, 1.82) is 0 Å². The highest BCUT2D eigenvalue weighted by Crippen LogP contribution is 2.34. The van der Waals surface area contributed by atoms with Crippen LogP contribution in [0.1, 0.15) is 27.2 Å². The number of ether oxygens (including phenoxy) is 2. The second-order valence-corrected chi connectivity index (χ2v) is 10.8. The second kappa shape index (κ2) is 12.2. The monoisotopic (exact) mass is 583 g/mol. The van der Waals surface area contributed by atoms with Crippen LogP contribution in [0.25, 0.3) is 10.2 Å². The van der Waals surface area contributed by atoms with E-state index in [4.69, 9.17) is 26.8 Å². The Labute approximate surface area is 239 Å². The molecule has 5 rings (SSSR count). The number of piperazine rings is 1. The molecule has 3 heterocycles. The van der Waals surface area contributed by atoms with E-state index in [1.165, 1.54) is 23.5 Å². The minimum Gasteiger partial charge on any atom is -0.484 e. The molecule has 40 heavy (non-hydrogen) atoms. The average molecular weight is 584 g/mol. The number of rotatable bonds is 9. The van der Waals surface area contributed by atoms with E-state index in [9.17, 15) is 14.0 Å². The molecule has 2 aromatic carbocycles. The first-order chi connectivity index (χ1) is 19.3. The number of halogens is 2. The van der Waals surface area contributed by atoms with E-state index in [-0.39, 0.29) is 30.3 Å². The standard InChI is InChI=1S/C28H27ClFN5O4S/c1-38-23(17-2-6-19(30)7-3-17)15-21-14-22-27(32-26(25(31)37)33-28(22)40-21)35-12-10-34(11-13-35)24(36)16-39-20-8-4-18(29)5-9-20/h2-9,14,23H,10-13,15-16H2,1H3,(H2,31,37). The van der Waals surface area contributed by atoms with Crippen molar-refractivity contribution in [2.75, 3.05) is 44.8 Å². The number of primary amides is 1. The maximum Gasteiger partial charge on any atom is 0.286 e. The summed E-state index contributed by atoms with van der Waals surface area (Å²) >= 11 is 7.33. The Balaban J connectivity index is 1.30. The lowest BCUT2D eigenvalue weighted by Gasteiger charge is -2.35. The fourth-order valence-corrected chi connectivity index (χ4v) is 5.72. The predicted molar refractivity (Wildman–Crippen MR) is 152 cm³/mol. The van der Waals surface area contributed by atoms with Gasteiger partial charge in [0.2, 0.25) is 5.82 Å². The number of fused-ring (bicyclic) bond motifs is 1. The molecule has 1 aliphatic rings. The smallest absolute Gasteiger partial charge is 0.286 e. The van der Waals surface area contributed by atoms with Gasteiger partial charge in [0.1, 0.15) is 22.2 Å². The lowest BCUT2D eigenvalue weighted by molar-refractivity contribution is -0.133. The lowest BCUT2D eigenvalue weighted by Crippen LogP contribution is -2.50. The van der Waals surface area contributed by atoms with Gasteiger partial charge in [0.25, 0.3) is 11.8 Å². The highest BCUT2D eigenvalue weighted by molar-refractivity contribution is 7.18. The maximum atomic E-state index is 13.4. The van der Waals surface area contributed by atoms with E-state index < -0.39 is 5.91 Å². The number of anilines is 1. The minimum absolute atomic E-state index is 0.0624. The number of carbonyl (C=O) groups is 2. The molecule has 1 fully saturated rings. The highest BCUT2D eigenvalue weighted by Gasteiger charge is 2.26. The minimum atomic E-state index is -0.715. The number of nitrogens with two attached hydrogens (primary N) is 1. The van der Waals surface area contributed by atoms with Crippen molar-refractivity contribution >= 4 is 50.8 Å². The topological polar surface area (TPSA) is 111 Å². The second-order valence-electron chi connectivity index (χ2n) is 9.26. The summed E-state index contributed by atoms with van der Waals surface area (Å²) in [4.78, 5) is 39.0. The largest absolute Gasteiger partial charge is 0.484 e. The summed E-state index contributed by atoms with van der Waals surface area (Å²) in [6.07, 6.45) is 0.245. The maximum absolute atomic E-state index is 13.4. The van der Waals surface area contributed by atoms with Crippen molar-refractivity contribution in [2.45, 2.75) is 12.5 Å². The molecule has 2 aromatic heterocycles. The third kappa shape index (κ3) is 6.33. The van der Waals surface area contributed by atoms with Crippen molar-refractivity contribution in [3.63, 3.8) is 0 Å². The van der Waals surface area contributed by atoms with E-state index in [1.807, 2.05) is 11.0 Å². The Bertz CT molecular complexity index is 1510. The molecule has 1 atom stereocenters. The molecule has 208 valence electrons. The number of amides is 2. The van der Waals surface area contributed by atoms with Crippen molar-refractivity contribution < 1.29 is 23.5 Å². The molecule has 9 nitrogen and oxygen atoms in total. The molecule has 0 spiro atoms. The number of thiophene rings is 1. The zero-order chi connectivity index (χ0) is 28.2. The SMILES string of the molecule is COC(Cc1cc2c(N3CCN(C(=O)COc4ccc(Cl)cc4)CC3)nc(C(N)=O)nc2s1)c1ccc(F)cc1. The van der Waals surface area contributed by atoms with Gasteiger partial charge in [-0.05, 0) is 48.0 Å². The van der Waals surface area contributed by atoms with E-state index in [0.29, 0.717) is 54.0 Å². The molecular formula is C28H27ClFN5O4S. The third-order valence-electron chi connectivity index (χ3n) is 6.66. The first kappa shape index (κ1) is 27.8. The zero-order valence-corrected chi connectivity index (χ0v) is 23.3. The van der Waals surface area contributed by atoms with Crippen LogP contribution < -0.4 is 15.4 Å². The predicted octanol–water partition coefficient (Wildman–Crippen LogP) is 4.24. The quantitative estimate of drug-likeness (QED) is 0.314. The molecule has 1 aliphatic heterocycles. The van der Waals surface area contributed by atoms with Crippen molar-refractivity contribution in [3.05, 3.63) is 81.7 Å². The van der Waals surface area contributed by atoms with Gasteiger partial charge in [-0.3, -0.25) is 9.59 Å². The number of aromatic nitrogens is 2. The highest BCUT2D eigenvalue weighted by atomic mass is 35.5. The van der Waals surface area contributed by atoms with Gasteiger partial charge in [0.15, 0.2) is 6.61 Å².